The van der Waals surface area contributed by atoms with Crippen LogP contribution < -0.4 is 10.7 Å². The summed E-state index contributed by atoms with van der Waals surface area (Å²) in [4.78, 5) is 48.6. The maximum absolute atomic E-state index is 12.3. The van der Waals surface area contributed by atoms with Gasteiger partial charge in [0, 0.05) is 12.0 Å². The van der Waals surface area contributed by atoms with E-state index in [0.29, 0.717) is 5.56 Å². The molecule has 156 valence electrons. The van der Waals surface area contributed by atoms with Crippen LogP contribution in [-0.4, -0.2) is 41.9 Å². The SMILES string of the molecule is C[C@@H](NC(=O)COC(=O)[C@H]1CC(=O)N(NC(=O)c2ccccc2)C1)c1ccccc1. The van der Waals surface area contributed by atoms with Gasteiger partial charge in [0.15, 0.2) is 6.61 Å². The molecule has 0 aliphatic carbocycles. The Morgan fingerprint density at radius 2 is 1.70 bits per heavy atom. The predicted octanol–water partition coefficient (Wildman–Crippen LogP) is 1.60. The van der Waals surface area contributed by atoms with E-state index in [0.717, 1.165) is 10.6 Å². The lowest BCUT2D eigenvalue weighted by atomic mass is 10.1. The standard InChI is InChI=1S/C22H23N3O5/c1-15(16-8-4-2-5-9-16)23-19(26)14-30-22(29)18-12-20(27)25(13-18)24-21(28)17-10-6-3-7-11-17/h2-11,15,18H,12-14H2,1H3,(H,23,26)(H,24,28)/t15-,18+/m1/s1. The fourth-order valence-electron chi connectivity index (χ4n) is 3.11. The molecule has 0 aromatic heterocycles. The van der Waals surface area contributed by atoms with Crippen molar-refractivity contribution >= 4 is 23.7 Å². The highest BCUT2D eigenvalue weighted by Gasteiger charge is 2.36. The third kappa shape index (κ3) is 5.44. The number of hydrogen-bond donors (Lipinski definition) is 2. The largest absolute Gasteiger partial charge is 0.455 e. The van der Waals surface area contributed by atoms with Gasteiger partial charge >= 0.3 is 5.97 Å². The summed E-state index contributed by atoms with van der Waals surface area (Å²) >= 11 is 0. The van der Waals surface area contributed by atoms with Crippen LogP contribution in [0.1, 0.15) is 35.3 Å². The van der Waals surface area contributed by atoms with Crippen molar-refractivity contribution in [3.8, 4) is 0 Å². The number of nitrogens with one attached hydrogen (secondary N) is 2. The third-order valence-electron chi connectivity index (χ3n) is 4.75. The zero-order valence-electron chi connectivity index (χ0n) is 16.5. The molecule has 1 aliphatic heterocycles. The summed E-state index contributed by atoms with van der Waals surface area (Å²) in [7, 11) is 0. The van der Waals surface area contributed by atoms with Gasteiger partial charge in [-0.15, -0.1) is 0 Å². The molecule has 1 saturated heterocycles. The van der Waals surface area contributed by atoms with Gasteiger partial charge in [-0.3, -0.25) is 29.6 Å². The number of amides is 3. The first-order valence-electron chi connectivity index (χ1n) is 9.61. The average Bonchev–Trinajstić information content (AvgIpc) is 3.13. The molecule has 1 aliphatic rings. The maximum Gasteiger partial charge on any atom is 0.311 e. The zero-order valence-corrected chi connectivity index (χ0v) is 16.5. The van der Waals surface area contributed by atoms with Crippen LogP contribution >= 0.6 is 0 Å². The summed E-state index contributed by atoms with van der Waals surface area (Å²) in [6, 6.07) is 17.6. The van der Waals surface area contributed by atoms with Crippen LogP contribution in [0.5, 0.6) is 0 Å². The van der Waals surface area contributed by atoms with Gasteiger partial charge < -0.3 is 10.1 Å². The normalized spacial score (nSPS) is 16.6. The Labute approximate surface area is 174 Å². The smallest absolute Gasteiger partial charge is 0.311 e. The second-order valence-corrected chi connectivity index (χ2v) is 7.02. The topological polar surface area (TPSA) is 105 Å². The zero-order chi connectivity index (χ0) is 21.5. The summed E-state index contributed by atoms with van der Waals surface area (Å²) in [5, 5.41) is 3.86. The molecule has 3 amide bonds. The van der Waals surface area contributed by atoms with Crippen molar-refractivity contribution in [3.05, 3.63) is 71.8 Å². The van der Waals surface area contributed by atoms with E-state index in [1.807, 2.05) is 37.3 Å². The lowest BCUT2D eigenvalue weighted by Gasteiger charge is -2.17. The van der Waals surface area contributed by atoms with E-state index in [2.05, 4.69) is 10.7 Å². The number of esters is 1. The minimum Gasteiger partial charge on any atom is -0.455 e. The van der Waals surface area contributed by atoms with Crippen LogP contribution in [0.4, 0.5) is 0 Å². The van der Waals surface area contributed by atoms with Gasteiger partial charge in [0.2, 0.25) is 5.91 Å². The lowest BCUT2D eigenvalue weighted by molar-refractivity contribution is -0.152. The van der Waals surface area contributed by atoms with Crippen LogP contribution in [0.3, 0.4) is 0 Å². The van der Waals surface area contributed by atoms with Crippen LogP contribution in [0, 0.1) is 5.92 Å². The first-order chi connectivity index (χ1) is 14.4. The molecule has 30 heavy (non-hydrogen) atoms. The molecule has 0 bridgehead atoms. The number of hydrogen-bond acceptors (Lipinski definition) is 5. The van der Waals surface area contributed by atoms with Gasteiger partial charge in [0.1, 0.15) is 0 Å². The van der Waals surface area contributed by atoms with Crippen molar-refractivity contribution < 1.29 is 23.9 Å². The van der Waals surface area contributed by atoms with Crippen molar-refractivity contribution in [2.45, 2.75) is 19.4 Å². The highest BCUT2D eigenvalue weighted by atomic mass is 16.5. The van der Waals surface area contributed by atoms with E-state index in [-0.39, 0.29) is 24.9 Å². The number of nitrogens with zero attached hydrogens (tertiary/aromatic N) is 1. The van der Waals surface area contributed by atoms with Crippen molar-refractivity contribution in [2.24, 2.45) is 5.92 Å². The Morgan fingerprint density at radius 1 is 1.07 bits per heavy atom. The molecule has 2 N–H and O–H groups in total. The lowest BCUT2D eigenvalue weighted by Crippen LogP contribution is -2.43. The van der Waals surface area contributed by atoms with E-state index in [4.69, 9.17) is 4.74 Å². The molecule has 2 aromatic rings. The minimum atomic E-state index is -0.743. The van der Waals surface area contributed by atoms with Crippen LogP contribution in [-0.2, 0) is 19.1 Å². The second kappa shape index (κ2) is 9.69. The van der Waals surface area contributed by atoms with Crippen LogP contribution in [0.15, 0.2) is 60.7 Å². The number of ether oxygens (including phenoxy) is 1. The molecular weight excluding hydrogens is 386 g/mol. The molecule has 1 fully saturated rings. The van der Waals surface area contributed by atoms with Gasteiger partial charge in [-0.1, -0.05) is 48.5 Å². The van der Waals surface area contributed by atoms with E-state index in [9.17, 15) is 19.2 Å². The fourth-order valence-corrected chi connectivity index (χ4v) is 3.11. The summed E-state index contributed by atoms with van der Waals surface area (Å²) in [6.07, 6.45) is -0.0874. The van der Waals surface area contributed by atoms with E-state index in [1.54, 1.807) is 30.3 Å². The minimum absolute atomic E-state index is 0.00171. The molecule has 1 heterocycles. The Hall–Kier alpha value is -3.68. The molecule has 0 spiro atoms. The van der Waals surface area contributed by atoms with Gasteiger partial charge in [-0.25, -0.2) is 0 Å². The first kappa shape index (κ1) is 21.0. The fraction of sp³-hybridized carbons (Fsp3) is 0.273. The predicted molar refractivity (Wildman–Crippen MR) is 108 cm³/mol. The summed E-state index contributed by atoms with van der Waals surface area (Å²) < 4.78 is 5.07. The van der Waals surface area contributed by atoms with Crippen molar-refractivity contribution in [1.82, 2.24) is 15.8 Å². The Kier molecular flexibility index (Phi) is 6.79. The second-order valence-electron chi connectivity index (χ2n) is 7.02. The van der Waals surface area contributed by atoms with Crippen LogP contribution in [0.25, 0.3) is 0 Å². The Morgan fingerprint density at radius 3 is 2.37 bits per heavy atom. The Bertz CT molecular complexity index is 917. The first-order valence-corrected chi connectivity index (χ1v) is 9.61. The number of benzene rings is 2. The van der Waals surface area contributed by atoms with Crippen LogP contribution in [0.2, 0.25) is 0 Å². The van der Waals surface area contributed by atoms with E-state index in [1.165, 1.54) is 0 Å². The third-order valence-corrected chi connectivity index (χ3v) is 4.75. The number of hydrazine groups is 1. The van der Waals surface area contributed by atoms with Gasteiger partial charge in [0.25, 0.3) is 11.8 Å². The number of rotatable bonds is 7. The number of carbonyl (C=O) groups excluding carboxylic acids is 4. The molecule has 0 radical (unpaired) electrons. The monoisotopic (exact) mass is 409 g/mol. The molecule has 0 unspecified atom stereocenters. The number of carbonyl (C=O) groups is 4. The molecule has 8 heteroatoms. The van der Waals surface area contributed by atoms with Gasteiger partial charge in [-0.05, 0) is 24.6 Å². The highest BCUT2D eigenvalue weighted by molar-refractivity contribution is 5.96. The van der Waals surface area contributed by atoms with Gasteiger partial charge in [-0.2, -0.15) is 0 Å². The van der Waals surface area contributed by atoms with Gasteiger partial charge in [0.05, 0.1) is 18.5 Å². The van der Waals surface area contributed by atoms with E-state index >= 15 is 0 Å². The van der Waals surface area contributed by atoms with Crippen molar-refractivity contribution in [1.29, 1.82) is 0 Å². The summed E-state index contributed by atoms with van der Waals surface area (Å²) in [6.45, 7) is 1.40. The van der Waals surface area contributed by atoms with Crippen molar-refractivity contribution in [3.63, 3.8) is 0 Å². The molecule has 3 rings (SSSR count). The average molecular weight is 409 g/mol. The molecular formula is C22H23N3O5. The molecule has 0 saturated carbocycles. The Balaban J connectivity index is 1.45. The van der Waals surface area contributed by atoms with E-state index < -0.39 is 30.3 Å². The molecule has 2 aromatic carbocycles. The van der Waals surface area contributed by atoms with Crippen molar-refractivity contribution in [2.75, 3.05) is 13.2 Å². The summed E-state index contributed by atoms with van der Waals surface area (Å²) in [5.74, 6) is -2.65. The molecule has 8 nitrogen and oxygen atoms in total. The highest BCUT2D eigenvalue weighted by Crippen LogP contribution is 2.18. The maximum atomic E-state index is 12.3. The summed E-state index contributed by atoms with van der Waals surface area (Å²) in [5.41, 5.74) is 3.83. The quantitative estimate of drug-likeness (QED) is 0.676. The molecule has 2 atom stereocenters.